The number of benzene rings is 3. The molecule has 8 nitrogen and oxygen atoms in total. The van der Waals surface area contributed by atoms with Gasteiger partial charge in [0.2, 0.25) is 6.54 Å². The van der Waals surface area contributed by atoms with Crippen molar-refractivity contribution in [3.63, 3.8) is 0 Å². The summed E-state index contributed by atoms with van der Waals surface area (Å²) in [6, 6.07) is 16.4. The summed E-state index contributed by atoms with van der Waals surface area (Å²) < 4.78 is 27.0. The van der Waals surface area contributed by atoms with Gasteiger partial charge in [0.1, 0.15) is 23.5 Å². The third kappa shape index (κ3) is 6.75. The number of hydrogen-bond acceptors (Lipinski definition) is 7. The second-order valence-electron chi connectivity index (χ2n) is 8.14. The van der Waals surface area contributed by atoms with Crippen molar-refractivity contribution >= 4 is 35.0 Å². The van der Waals surface area contributed by atoms with Gasteiger partial charge < -0.3 is 9.47 Å². The van der Waals surface area contributed by atoms with E-state index in [0.717, 1.165) is 17.3 Å². The molecule has 198 valence electrons. The molecule has 1 atom stereocenters. The topological polar surface area (TPSA) is 92.3 Å². The van der Waals surface area contributed by atoms with Crippen LogP contribution in [0.15, 0.2) is 65.8 Å². The van der Waals surface area contributed by atoms with Gasteiger partial charge in [0, 0.05) is 15.6 Å². The average Bonchev–Trinajstić information content (AvgIpc) is 3.24. The first-order valence-electron chi connectivity index (χ1n) is 11.5. The lowest BCUT2D eigenvalue weighted by Gasteiger charge is -2.19. The zero-order valence-electron chi connectivity index (χ0n) is 20.4. The molecule has 0 N–H and O–H groups in total. The molecule has 0 saturated carbocycles. The Kier molecular flexibility index (Phi) is 9.09. The number of rotatable bonds is 11. The first kappa shape index (κ1) is 27.7. The summed E-state index contributed by atoms with van der Waals surface area (Å²) in [6.45, 7) is 3.72. The maximum Gasteiger partial charge on any atom is 0.220 e. The molecule has 4 rings (SSSR count). The molecule has 0 radical (unpaired) electrons. The predicted molar refractivity (Wildman–Crippen MR) is 145 cm³/mol. The number of aryl methyl sites for hydroxylation is 1. The number of halogens is 3. The Bertz CT molecular complexity index is 1420. The standard InChI is InChI=1S/C26H23Cl2FN4O4S/c1-3-36-23-13-18(12-22(28)25(23)37-15-17-4-6-19(27)7-5-17)24(14-32(34)35)38-26-31-30-16(2)33(26)21-10-8-20(29)9-11-21/h4-13,24H,3,14-15H2,1-2H3/t24-/m0/s1. The second kappa shape index (κ2) is 12.5. The Morgan fingerprint density at radius 1 is 1.08 bits per heavy atom. The van der Waals surface area contributed by atoms with E-state index >= 15 is 0 Å². The summed E-state index contributed by atoms with van der Waals surface area (Å²) in [5.41, 5.74) is 2.08. The quantitative estimate of drug-likeness (QED) is 0.107. The fourth-order valence-corrected chi connectivity index (χ4v) is 5.25. The van der Waals surface area contributed by atoms with Crippen LogP contribution in [0.1, 0.15) is 29.1 Å². The third-order valence-electron chi connectivity index (χ3n) is 5.44. The highest BCUT2D eigenvalue weighted by Crippen LogP contribution is 2.43. The van der Waals surface area contributed by atoms with Crippen LogP contribution in [0.5, 0.6) is 11.5 Å². The summed E-state index contributed by atoms with van der Waals surface area (Å²) in [5.74, 6) is 0.880. The fourth-order valence-electron chi connectivity index (χ4n) is 3.69. The van der Waals surface area contributed by atoms with Crippen molar-refractivity contribution in [1.82, 2.24) is 14.8 Å². The van der Waals surface area contributed by atoms with Gasteiger partial charge in [0.05, 0.1) is 11.6 Å². The number of ether oxygens (including phenoxy) is 2. The molecule has 3 aromatic carbocycles. The van der Waals surface area contributed by atoms with E-state index in [1.807, 2.05) is 19.1 Å². The van der Waals surface area contributed by atoms with Crippen LogP contribution in [0.25, 0.3) is 5.69 Å². The van der Waals surface area contributed by atoms with Crippen molar-refractivity contribution in [2.24, 2.45) is 0 Å². The minimum Gasteiger partial charge on any atom is -0.490 e. The van der Waals surface area contributed by atoms with Gasteiger partial charge >= 0.3 is 0 Å². The predicted octanol–water partition coefficient (Wildman–Crippen LogP) is 7.11. The smallest absolute Gasteiger partial charge is 0.220 e. The maximum absolute atomic E-state index is 13.5. The molecule has 0 spiro atoms. The van der Waals surface area contributed by atoms with Gasteiger partial charge in [-0.2, -0.15) is 0 Å². The van der Waals surface area contributed by atoms with Crippen LogP contribution < -0.4 is 9.47 Å². The molecule has 38 heavy (non-hydrogen) atoms. The van der Waals surface area contributed by atoms with Gasteiger partial charge in [-0.25, -0.2) is 4.39 Å². The highest BCUT2D eigenvalue weighted by Gasteiger charge is 2.26. The SMILES string of the molecule is CCOc1cc([C@H](C[N+](=O)[O-])Sc2nnc(C)n2-c2ccc(F)cc2)cc(Cl)c1OCc1ccc(Cl)cc1. The lowest BCUT2D eigenvalue weighted by molar-refractivity contribution is -0.479. The lowest BCUT2D eigenvalue weighted by atomic mass is 10.1. The largest absolute Gasteiger partial charge is 0.490 e. The van der Waals surface area contributed by atoms with Crippen LogP contribution in [0.4, 0.5) is 4.39 Å². The molecular formula is C26H23Cl2FN4O4S. The average molecular weight is 577 g/mol. The highest BCUT2D eigenvalue weighted by molar-refractivity contribution is 7.99. The molecule has 0 amide bonds. The normalized spacial score (nSPS) is 11.8. The summed E-state index contributed by atoms with van der Waals surface area (Å²) in [7, 11) is 0. The van der Waals surface area contributed by atoms with Gasteiger partial charge in [-0.1, -0.05) is 47.1 Å². The summed E-state index contributed by atoms with van der Waals surface area (Å²) >= 11 is 13.7. The molecule has 12 heteroatoms. The first-order valence-corrected chi connectivity index (χ1v) is 13.2. The number of aromatic nitrogens is 3. The molecule has 0 aliphatic carbocycles. The molecule has 1 heterocycles. The Labute approximate surface area is 232 Å². The summed E-state index contributed by atoms with van der Waals surface area (Å²) in [6.07, 6.45) is 0. The van der Waals surface area contributed by atoms with Crippen molar-refractivity contribution in [2.45, 2.75) is 30.9 Å². The fraction of sp³-hybridized carbons (Fsp3) is 0.231. The van der Waals surface area contributed by atoms with Crippen LogP contribution in [0, 0.1) is 22.9 Å². The van der Waals surface area contributed by atoms with Crippen molar-refractivity contribution < 1.29 is 18.8 Å². The van der Waals surface area contributed by atoms with Gasteiger partial charge in [0.25, 0.3) is 0 Å². The van der Waals surface area contributed by atoms with Crippen LogP contribution in [0.3, 0.4) is 0 Å². The zero-order valence-corrected chi connectivity index (χ0v) is 22.8. The number of thioether (sulfide) groups is 1. The molecule has 0 saturated heterocycles. The first-order chi connectivity index (χ1) is 18.2. The molecule has 0 fully saturated rings. The van der Waals surface area contributed by atoms with Crippen molar-refractivity contribution in [2.75, 3.05) is 13.2 Å². The zero-order chi connectivity index (χ0) is 27.2. The van der Waals surface area contributed by atoms with Gasteiger partial charge in [-0.05, 0) is 73.5 Å². The van der Waals surface area contributed by atoms with Gasteiger partial charge in [0.15, 0.2) is 16.7 Å². The lowest BCUT2D eigenvalue weighted by Crippen LogP contribution is -2.12. The van der Waals surface area contributed by atoms with E-state index in [1.165, 1.54) is 12.1 Å². The molecular weight excluding hydrogens is 554 g/mol. The van der Waals surface area contributed by atoms with Crippen molar-refractivity contribution in [3.05, 3.63) is 104 Å². The molecule has 0 unspecified atom stereocenters. The summed E-state index contributed by atoms with van der Waals surface area (Å²) in [4.78, 5) is 11.2. The second-order valence-corrected chi connectivity index (χ2v) is 10.2. The number of nitrogens with zero attached hydrogens (tertiary/aromatic N) is 4. The van der Waals surface area contributed by atoms with E-state index < -0.39 is 16.7 Å². The maximum atomic E-state index is 13.5. The van der Waals surface area contributed by atoms with Crippen LogP contribution in [-0.2, 0) is 6.61 Å². The number of hydrogen-bond donors (Lipinski definition) is 0. The van der Waals surface area contributed by atoms with Crippen LogP contribution in [-0.4, -0.2) is 32.8 Å². The molecule has 4 aromatic rings. The molecule has 0 aliphatic rings. The molecule has 0 bridgehead atoms. The third-order valence-corrected chi connectivity index (χ3v) is 7.16. The minimum absolute atomic E-state index is 0.226. The van der Waals surface area contributed by atoms with Crippen molar-refractivity contribution in [3.8, 4) is 17.2 Å². The van der Waals surface area contributed by atoms with E-state index in [1.54, 1.807) is 47.9 Å². The summed E-state index contributed by atoms with van der Waals surface area (Å²) in [5, 5.41) is 20.6. The van der Waals surface area contributed by atoms with E-state index in [-0.39, 0.29) is 17.4 Å². The van der Waals surface area contributed by atoms with Crippen molar-refractivity contribution in [1.29, 1.82) is 0 Å². The minimum atomic E-state index is -0.685. The highest BCUT2D eigenvalue weighted by atomic mass is 35.5. The van der Waals surface area contributed by atoms with E-state index in [4.69, 9.17) is 32.7 Å². The van der Waals surface area contributed by atoms with Gasteiger partial charge in [-0.3, -0.25) is 14.7 Å². The van der Waals surface area contributed by atoms with E-state index in [2.05, 4.69) is 10.2 Å². The van der Waals surface area contributed by atoms with Crippen LogP contribution >= 0.6 is 35.0 Å². The molecule has 1 aromatic heterocycles. The van der Waals surface area contributed by atoms with Gasteiger partial charge in [-0.15, -0.1) is 10.2 Å². The number of nitro groups is 1. The monoisotopic (exact) mass is 576 g/mol. The molecule has 0 aliphatic heterocycles. The van der Waals surface area contributed by atoms with E-state index in [0.29, 0.717) is 45.4 Å². The Morgan fingerprint density at radius 3 is 2.45 bits per heavy atom. The Hall–Kier alpha value is -3.34. The van der Waals surface area contributed by atoms with Crippen LogP contribution in [0.2, 0.25) is 10.0 Å². The Balaban J connectivity index is 1.66. The van der Waals surface area contributed by atoms with E-state index in [9.17, 15) is 14.5 Å². The Morgan fingerprint density at radius 2 is 1.79 bits per heavy atom.